The van der Waals surface area contributed by atoms with Gasteiger partial charge in [-0.1, -0.05) is 12.1 Å². The highest BCUT2D eigenvalue weighted by Gasteiger charge is 2.22. The zero-order valence-electron chi connectivity index (χ0n) is 12.3. The summed E-state index contributed by atoms with van der Waals surface area (Å²) in [7, 11) is 6.31. The van der Waals surface area contributed by atoms with Gasteiger partial charge < -0.3 is 4.90 Å². The molecule has 2 rings (SSSR count). The van der Waals surface area contributed by atoms with Gasteiger partial charge in [-0.2, -0.15) is 5.06 Å². The summed E-state index contributed by atoms with van der Waals surface area (Å²) in [6.07, 6.45) is 2.32. The van der Waals surface area contributed by atoms with Crippen molar-refractivity contribution in [3.05, 3.63) is 28.7 Å². The minimum atomic E-state index is 0.681. The number of para-hydroxylation sites is 1. The van der Waals surface area contributed by atoms with Gasteiger partial charge in [0.15, 0.2) is 0 Å². The Morgan fingerprint density at radius 2 is 1.85 bits per heavy atom. The molecule has 1 heterocycles. The molecule has 1 aliphatic heterocycles. The van der Waals surface area contributed by atoms with E-state index < -0.39 is 0 Å². The van der Waals surface area contributed by atoms with E-state index in [0.717, 1.165) is 36.1 Å². The number of hydroxylamine groups is 2. The zero-order valence-corrected chi connectivity index (χ0v) is 14.7. The van der Waals surface area contributed by atoms with Gasteiger partial charge in [-0.15, -0.1) is 0 Å². The number of hydrogen-bond acceptors (Lipinski definition) is 5. The van der Waals surface area contributed by atoms with Crippen molar-refractivity contribution in [2.75, 3.05) is 38.5 Å². The van der Waals surface area contributed by atoms with Crippen LogP contribution in [0.2, 0.25) is 0 Å². The number of hydrogen-bond donors (Lipinski definition) is 0. The lowest BCUT2D eigenvalue weighted by molar-refractivity contribution is -0.0661. The molecule has 0 aliphatic carbocycles. The normalized spacial score (nSPS) is 17.6. The fourth-order valence-corrected chi connectivity index (χ4v) is 3.53. The van der Waals surface area contributed by atoms with Crippen molar-refractivity contribution in [3.8, 4) is 0 Å². The van der Waals surface area contributed by atoms with Crippen LogP contribution in [0.15, 0.2) is 28.7 Å². The fourth-order valence-electron chi connectivity index (χ4n) is 2.28. The lowest BCUT2D eigenvalue weighted by Crippen LogP contribution is -2.41. The van der Waals surface area contributed by atoms with Gasteiger partial charge in [-0.05, 0) is 55.0 Å². The number of halogens is 1. The molecule has 0 spiro atoms. The number of nitrogens with zero attached hydrogens (tertiary/aromatic N) is 3. The quantitative estimate of drug-likeness (QED) is 0.590. The Kier molecular flexibility index (Phi) is 6.17. The van der Waals surface area contributed by atoms with Crippen molar-refractivity contribution in [1.29, 1.82) is 0 Å². The maximum absolute atomic E-state index is 5.82. The molecule has 1 aliphatic rings. The van der Waals surface area contributed by atoms with Crippen LogP contribution in [0.5, 0.6) is 0 Å². The third-order valence-electron chi connectivity index (χ3n) is 3.60. The summed E-state index contributed by atoms with van der Waals surface area (Å²) in [4.78, 5) is 2.30. The predicted molar refractivity (Wildman–Crippen MR) is 89.5 cm³/mol. The minimum absolute atomic E-state index is 0.681. The maximum atomic E-state index is 5.82. The van der Waals surface area contributed by atoms with E-state index in [2.05, 4.69) is 46.1 Å². The van der Waals surface area contributed by atoms with Crippen molar-refractivity contribution < 1.29 is 4.28 Å². The molecule has 0 unspecified atom stereocenters. The van der Waals surface area contributed by atoms with Crippen LogP contribution in [-0.2, 0) is 4.28 Å². The molecule has 1 aromatic carbocycles. The van der Waals surface area contributed by atoms with Crippen LogP contribution in [0, 0.1) is 0 Å². The molecule has 1 fully saturated rings. The van der Waals surface area contributed by atoms with E-state index in [0.29, 0.717) is 6.04 Å². The lowest BCUT2D eigenvalue weighted by Gasteiger charge is -2.34. The largest absolute Gasteiger partial charge is 0.306 e. The number of anilines is 1. The van der Waals surface area contributed by atoms with Gasteiger partial charge in [0.1, 0.15) is 12.2 Å². The molecule has 0 saturated carbocycles. The molecule has 0 bridgehead atoms. The highest BCUT2D eigenvalue weighted by Crippen LogP contribution is 2.30. The van der Waals surface area contributed by atoms with E-state index in [4.69, 9.17) is 4.28 Å². The second-order valence-electron chi connectivity index (χ2n) is 5.22. The summed E-state index contributed by atoms with van der Waals surface area (Å²) in [5.74, 6) is 0. The Morgan fingerprint density at radius 1 is 1.20 bits per heavy atom. The average Bonchev–Trinajstić information content (AvgIpc) is 2.45. The number of rotatable bonds is 5. The monoisotopic (exact) mass is 359 g/mol. The zero-order chi connectivity index (χ0) is 14.5. The van der Waals surface area contributed by atoms with Gasteiger partial charge in [0.05, 0.1) is 5.69 Å². The van der Waals surface area contributed by atoms with Crippen LogP contribution >= 0.6 is 28.2 Å². The van der Waals surface area contributed by atoms with E-state index >= 15 is 0 Å². The highest BCUT2D eigenvalue weighted by atomic mass is 79.9. The van der Waals surface area contributed by atoms with Gasteiger partial charge in [-0.3, -0.25) is 4.31 Å². The van der Waals surface area contributed by atoms with Gasteiger partial charge in [-0.25, -0.2) is 4.28 Å². The number of benzene rings is 1. The van der Waals surface area contributed by atoms with Crippen molar-refractivity contribution >= 4 is 33.8 Å². The molecule has 6 heteroatoms. The summed E-state index contributed by atoms with van der Waals surface area (Å²) in [6, 6.07) is 8.83. The Morgan fingerprint density at radius 3 is 2.45 bits per heavy atom. The third kappa shape index (κ3) is 4.36. The highest BCUT2D eigenvalue weighted by molar-refractivity contribution is 9.10. The second kappa shape index (κ2) is 7.66. The first-order valence-corrected chi connectivity index (χ1v) is 8.31. The lowest BCUT2D eigenvalue weighted by atomic mass is 10.1. The smallest absolute Gasteiger partial charge is 0.135 e. The van der Waals surface area contributed by atoms with E-state index in [1.807, 2.05) is 29.6 Å². The molecule has 4 nitrogen and oxygen atoms in total. The van der Waals surface area contributed by atoms with Crippen LogP contribution < -0.4 is 4.31 Å². The molecule has 20 heavy (non-hydrogen) atoms. The predicted octanol–water partition coefficient (Wildman–Crippen LogP) is 3.41. The van der Waals surface area contributed by atoms with Gasteiger partial charge in [0.25, 0.3) is 0 Å². The summed E-state index contributed by atoms with van der Waals surface area (Å²) in [6.45, 7) is 1.97. The first-order chi connectivity index (χ1) is 9.58. The Bertz CT molecular complexity index is 425. The Labute approximate surface area is 134 Å². The topological polar surface area (TPSA) is 19.0 Å². The van der Waals surface area contributed by atoms with Crippen molar-refractivity contribution in [2.45, 2.75) is 18.9 Å². The van der Waals surface area contributed by atoms with E-state index in [-0.39, 0.29) is 0 Å². The van der Waals surface area contributed by atoms with E-state index in [9.17, 15) is 0 Å². The fraction of sp³-hybridized carbons (Fsp3) is 0.571. The SMILES string of the molecule is CN(SON1CCC(N(C)C)CC1)c1ccccc1Br. The van der Waals surface area contributed by atoms with E-state index in [1.54, 1.807) is 0 Å². The summed E-state index contributed by atoms with van der Waals surface area (Å²) in [5.41, 5.74) is 1.11. The number of piperidine rings is 1. The molecular formula is C14H22BrN3OS. The minimum Gasteiger partial charge on any atom is -0.306 e. The van der Waals surface area contributed by atoms with Gasteiger partial charge in [0.2, 0.25) is 0 Å². The van der Waals surface area contributed by atoms with Crippen LogP contribution in [0.1, 0.15) is 12.8 Å². The third-order valence-corrected chi connectivity index (χ3v) is 4.96. The van der Waals surface area contributed by atoms with Crippen LogP contribution in [0.4, 0.5) is 5.69 Å². The average molecular weight is 360 g/mol. The van der Waals surface area contributed by atoms with Crippen molar-refractivity contribution in [3.63, 3.8) is 0 Å². The molecule has 0 radical (unpaired) electrons. The molecule has 0 N–H and O–H groups in total. The first-order valence-electron chi connectivity index (χ1n) is 6.82. The molecular weight excluding hydrogens is 338 g/mol. The summed E-state index contributed by atoms with van der Waals surface area (Å²) >= 11 is 4.93. The molecule has 1 saturated heterocycles. The standard InChI is InChI=1S/C14H22BrN3OS/c1-16(2)12-8-10-18(11-9-12)19-20-17(3)14-7-5-4-6-13(14)15/h4-7,12H,8-11H2,1-3H3. The van der Waals surface area contributed by atoms with Crippen LogP contribution in [0.3, 0.4) is 0 Å². The summed E-state index contributed by atoms with van der Waals surface area (Å²) < 4.78 is 8.92. The maximum Gasteiger partial charge on any atom is 0.135 e. The second-order valence-corrected chi connectivity index (χ2v) is 6.92. The Hall–Kier alpha value is -0.270. The van der Waals surface area contributed by atoms with Gasteiger partial charge in [0, 0.05) is 30.7 Å². The molecule has 1 aromatic rings. The molecule has 0 aromatic heterocycles. The van der Waals surface area contributed by atoms with Gasteiger partial charge >= 0.3 is 0 Å². The Balaban J connectivity index is 1.78. The van der Waals surface area contributed by atoms with Crippen LogP contribution in [-0.4, -0.2) is 50.2 Å². The van der Waals surface area contributed by atoms with Crippen LogP contribution in [0.25, 0.3) is 0 Å². The van der Waals surface area contributed by atoms with Crippen molar-refractivity contribution in [2.24, 2.45) is 0 Å². The van der Waals surface area contributed by atoms with E-state index in [1.165, 1.54) is 12.2 Å². The summed E-state index contributed by atoms with van der Waals surface area (Å²) in [5, 5.41) is 2.05. The molecule has 112 valence electrons. The molecule has 0 amide bonds. The van der Waals surface area contributed by atoms with Crippen molar-refractivity contribution in [1.82, 2.24) is 9.96 Å². The molecule has 0 atom stereocenters. The first kappa shape index (κ1) is 16.1.